The standard InChI is InChI=1S/C16H23NS2/c1-5-14-8-9-16(19-14)13(4)17-11(2)10-15-7-6-12(3)18-15/h6-9,11,13,17H,5,10H2,1-4H3. The van der Waals surface area contributed by atoms with Crippen LogP contribution < -0.4 is 5.32 Å². The van der Waals surface area contributed by atoms with Crippen molar-refractivity contribution in [3.8, 4) is 0 Å². The molecule has 2 rings (SSSR count). The summed E-state index contributed by atoms with van der Waals surface area (Å²) in [6.07, 6.45) is 2.26. The topological polar surface area (TPSA) is 12.0 Å². The number of aryl methyl sites for hydroxylation is 2. The second kappa shape index (κ2) is 6.69. The third kappa shape index (κ3) is 4.16. The van der Waals surface area contributed by atoms with Crippen molar-refractivity contribution in [2.75, 3.05) is 0 Å². The van der Waals surface area contributed by atoms with E-state index in [1.807, 2.05) is 22.7 Å². The highest BCUT2D eigenvalue weighted by Crippen LogP contribution is 2.24. The lowest BCUT2D eigenvalue weighted by atomic mass is 10.1. The van der Waals surface area contributed by atoms with Gasteiger partial charge in [0.15, 0.2) is 0 Å². The van der Waals surface area contributed by atoms with Crippen LogP contribution in [0.3, 0.4) is 0 Å². The summed E-state index contributed by atoms with van der Waals surface area (Å²) in [4.78, 5) is 5.81. The molecule has 2 aromatic rings. The zero-order chi connectivity index (χ0) is 13.8. The van der Waals surface area contributed by atoms with Gasteiger partial charge in [-0.2, -0.15) is 0 Å². The Balaban J connectivity index is 1.89. The Hall–Kier alpha value is -0.640. The normalized spacial score (nSPS) is 14.5. The number of hydrogen-bond donors (Lipinski definition) is 1. The quantitative estimate of drug-likeness (QED) is 0.793. The van der Waals surface area contributed by atoms with E-state index in [-0.39, 0.29) is 0 Å². The molecule has 2 unspecified atom stereocenters. The molecule has 0 radical (unpaired) electrons. The van der Waals surface area contributed by atoms with Gasteiger partial charge >= 0.3 is 0 Å². The highest BCUT2D eigenvalue weighted by Gasteiger charge is 2.12. The van der Waals surface area contributed by atoms with E-state index in [0.717, 1.165) is 12.8 Å². The van der Waals surface area contributed by atoms with E-state index in [1.54, 1.807) is 0 Å². The predicted octanol–water partition coefficient (Wildman–Crippen LogP) is 4.96. The van der Waals surface area contributed by atoms with Crippen LogP contribution >= 0.6 is 22.7 Å². The maximum absolute atomic E-state index is 3.71. The lowest BCUT2D eigenvalue weighted by Crippen LogP contribution is -2.30. The number of thiophene rings is 2. The van der Waals surface area contributed by atoms with Crippen LogP contribution in [0.15, 0.2) is 24.3 Å². The second-order valence-electron chi connectivity index (χ2n) is 5.16. The Morgan fingerprint density at radius 1 is 1.05 bits per heavy atom. The Morgan fingerprint density at radius 3 is 2.37 bits per heavy atom. The molecule has 2 aromatic heterocycles. The molecule has 3 heteroatoms. The third-order valence-corrected chi connectivity index (χ3v) is 5.73. The van der Waals surface area contributed by atoms with Crippen LogP contribution in [0.1, 0.15) is 46.3 Å². The smallest absolute Gasteiger partial charge is 0.0388 e. The number of rotatable bonds is 6. The summed E-state index contributed by atoms with van der Waals surface area (Å²) in [7, 11) is 0. The lowest BCUT2D eigenvalue weighted by Gasteiger charge is -2.18. The molecular weight excluding hydrogens is 270 g/mol. The molecule has 0 aliphatic rings. The summed E-state index contributed by atoms with van der Waals surface area (Å²) in [5.74, 6) is 0. The number of nitrogens with one attached hydrogen (secondary N) is 1. The van der Waals surface area contributed by atoms with E-state index in [1.165, 1.54) is 19.5 Å². The molecule has 1 N–H and O–H groups in total. The van der Waals surface area contributed by atoms with Crippen molar-refractivity contribution in [1.82, 2.24) is 5.32 Å². The van der Waals surface area contributed by atoms with Crippen molar-refractivity contribution in [3.05, 3.63) is 43.8 Å². The Labute approximate surface area is 124 Å². The van der Waals surface area contributed by atoms with Gasteiger partial charge in [0.05, 0.1) is 0 Å². The summed E-state index contributed by atoms with van der Waals surface area (Å²) in [5, 5.41) is 3.71. The van der Waals surface area contributed by atoms with Crippen LogP contribution in [0.5, 0.6) is 0 Å². The van der Waals surface area contributed by atoms with Crippen molar-refractivity contribution >= 4 is 22.7 Å². The fraction of sp³-hybridized carbons (Fsp3) is 0.500. The van der Waals surface area contributed by atoms with E-state index >= 15 is 0 Å². The van der Waals surface area contributed by atoms with Gasteiger partial charge in [0.2, 0.25) is 0 Å². The average molecular weight is 294 g/mol. The van der Waals surface area contributed by atoms with Crippen molar-refractivity contribution in [1.29, 1.82) is 0 Å². The minimum atomic E-state index is 0.446. The Morgan fingerprint density at radius 2 is 1.79 bits per heavy atom. The molecule has 0 fully saturated rings. The molecule has 0 aliphatic carbocycles. The van der Waals surface area contributed by atoms with Gasteiger partial charge in [-0.15, -0.1) is 22.7 Å². The van der Waals surface area contributed by atoms with Gasteiger partial charge in [0.1, 0.15) is 0 Å². The molecule has 0 bridgehead atoms. The summed E-state index contributed by atoms with van der Waals surface area (Å²) in [5.41, 5.74) is 0. The van der Waals surface area contributed by atoms with Crippen LogP contribution in [0.25, 0.3) is 0 Å². The van der Waals surface area contributed by atoms with Crippen LogP contribution in [0.2, 0.25) is 0 Å². The predicted molar refractivity (Wildman–Crippen MR) is 87.5 cm³/mol. The molecule has 2 heterocycles. The van der Waals surface area contributed by atoms with Crippen LogP contribution in [0.4, 0.5) is 0 Å². The SMILES string of the molecule is CCc1ccc(C(C)NC(C)Cc2ccc(C)s2)s1. The minimum Gasteiger partial charge on any atom is -0.307 e. The van der Waals surface area contributed by atoms with Gasteiger partial charge in [-0.25, -0.2) is 0 Å². The summed E-state index contributed by atoms with van der Waals surface area (Å²) in [6, 6.07) is 9.95. The molecule has 0 aromatic carbocycles. The van der Waals surface area contributed by atoms with Gasteiger partial charge in [-0.3, -0.25) is 0 Å². The van der Waals surface area contributed by atoms with Crippen molar-refractivity contribution in [2.45, 2.75) is 52.6 Å². The maximum Gasteiger partial charge on any atom is 0.0388 e. The maximum atomic E-state index is 3.71. The second-order valence-corrected chi connectivity index (χ2v) is 7.74. The van der Waals surface area contributed by atoms with Crippen LogP contribution in [0, 0.1) is 6.92 Å². The molecule has 0 saturated carbocycles. The van der Waals surface area contributed by atoms with Gasteiger partial charge in [0.25, 0.3) is 0 Å². The Kier molecular flexibility index (Phi) is 5.20. The van der Waals surface area contributed by atoms with Gasteiger partial charge in [0, 0.05) is 31.6 Å². The van der Waals surface area contributed by atoms with Crippen molar-refractivity contribution in [2.24, 2.45) is 0 Å². The summed E-state index contributed by atoms with van der Waals surface area (Å²) in [6.45, 7) is 8.93. The first-order chi connectivity index (χ1) is 9.08. The Bertz CT molecular complexity index is 512. The first kappa shape index (κ1) is 14.8. The summed E-state index contributed by atoms with van der Waals surface area (Å²) < 4.78 is 0. The van der Waals surface area contributed by atoms with Gasteiger partial charge in [-0.05, 0) is 57.9 Å². The summed E-state index contributed by atoms with van der Waals surface area (Å²) >= 11 is 3.84. The van der Waals surface area contributed by atoms with E-state index in [2.05, 4.69) is 57.3 Å². The zero-order valence-corrected chi connectivity index (χ0v) is 13.8. The van der Waals surface area contributed by atoms with Gasteiger partial charge < -0.3 is 5.32 Å². The fourth-order valence-corrected chi connectivity index (χ4v) is 4.26. The zero-order valence-electron chi connectivity index (χ0n) is 12.2. The minimum absolute atomic E-state index is 0.446. The molecular formula is C16H23NS2. The molecule has 0 spiro atoms. The number of hydrogen-bond acceptors (Lipinski definition) is 3. The van der Waals surface area contributed by atoms with Crippen LogP contribution in [-0.2, 0) is 12.8 Å². The van der Waals surface area contributed by atoms with Crippen LogP contribution in [-0.4, -0.2) is 6.04 Å². The highest BCUT2D eigenvalue weighted by atomic mass is 32.1. The molecule has 104 valence electrons. The molecule has 19 heavy (non-hydrogen) atoms. The van der Waals surface area contributed by atoms with E-state index in [0.29, 0.717) is 12.1 Å². The fourth-order valence-electron chi connectivity index (χ4n) is 2.28. The largest absolute Gasteiger partial charge is 0.307 e. The van der Waals surface area contributed by atoms with E-state index in [4.69, 9.17) is 0 Å². The molecule has 2 atom stereocenters. The highest BCUT2D eigenvalue weighted by molar-refractivity contribution is 7.12. The third-order valence-electron chi connectivity index (χ3n) is 3.30. The first-order valence-electron chi connectivity index (χ1n) is 6.98. The van der Waals surface area contributed by atoms with E-state index in [9.17, 15) is 0 Å². The average Bonchev–Trinajstić information content (AvgIpc) is 2.98. The molecule has 0 amide bonds. The van der Waals surface area contributed by atoms with Crippen molar-refractivity contribution in [3.63, 3.8) is 0 Å². The monoisotopic (exact) mass is 293 g/mol. The van der Waals surface area contributed by atoms with E-state index < -0.39 is 0 Å². The molecule has 0 aliphatic heterocycles. The van der Waals surface area contributed by atoms with Gasteiger partial charge in [-0.1, -0.05) is 6.92 Å². The molecule has 0 saturated heterocycles. The molecule has 1 nitrogen and oxygen atoms in total. The van der Waals surface area contributed by atoms with Crippen molar-refractivity contribution < 1.29 is 0 Å². The lowest BCUT2D eigenvalue weighted by molar-refractivity contribution is 0.484. The first-order valence-corrected chi connectivity index (χ1v) is 8.61.